The molecule has 0 aliphatic heterocycles. The average molecular weight is 335 g/mol. The fraction of sp³-hybridized carbons (Fsp3) is 0.267. The smallest absolute Gasteiger partial charge is 0.257 e. The minimum absolute atomic E-state index is 0.104. The normalized spacial score (nSPS) is 10.5. The van der Waals surface area contributed by atoms with E-state index in [9.17, 15) is 4.79 Å². The van der Waals surface area contributed by atoms with E-state index in [2.05, 4.69) is 22.1 Å². The van der Waals surface area contributed by atoms with E-state index in [4.69, 9.17) is 4.74 Å². The third-order valence-corrected chi connectivity index (χ3v) is 4.41. The molecule has 0 fully saturated rings. The first kappa shape index (κ1) is 16.5. The lowest BCUT2D eigenvalue weighted by Crippen LogP contribution is -2.12. The Hall–Kier alpha value is -1.86. The monoisotopic (exact) mass is 335 g/mol. The third kappa shape index (κ3) is 4.85. The van der Waals surface area contributed by atoms with Crippen LogP contribution in [0.3, 0.4) is 0 Å². The lowest BCUT2D eigenvalue weighted by atomic mass is 10.2. The zero-order chi connectivity index (χ0) is 15.9. The molecule has 7 heteroatoms. The Balaban J connectivity index is 1.96. The highest BCUT2D eigenvalue weighted by atomic mass is 32.2. The van der Waals surface area contributed by atoms with Gasteiger partial charge in [-0.05, 0) is 38.1 Å². The van der Waals surface area contributed by atoms with Crippen molar-refractivity contribution >= 4 is 34.1 Å². The van der Waals surface area contributed by atoms with Crippen molar-refractivity contribution in [2.45, 2.75) is 24.3 Å². The summed E-state index contributed by atoms with van der Waals surface area (Å²) in [4.78, 5) is 12.1. The number of hydrogen-bond donors (Lipinski definition) is 1. The van der Waals surface area contributed by atoms with Crippen molar-refractivity contribution in [3.8, 4) is 5.75 Å². The third-order valence-electron chi connectivity index (χ3n) is 2.44. The van der Waals surface area contributed by atoms with E-state index in [1.807, 2.05) is 13.8 Å². The molecule has 0 radical (unpaired) electrons. The minimum Gasteiger partial charge on any atom is -0.491 e. The highest BCUT2D eigenvalue weighted by Gasteiger charge is 2.10. The number of rotatable bonds is 7. The molecule has 0 spiro atoms. The quantitative estimate of drug-likeness (QED) is 0.473. The number of nitrogens with one attached hydrogen (secondary N) is 1. The van der Waals surface area contributed by atoms with E-state index in [0.717, 1.165) is 15.8 Å². The molecule has 1 heterocycles. The number of aromatic nitrogens is 2. The van der Waals surface area contributed by atoms with Crippen molar-refractivity contribution in [3.63, 3.8) is 0 Å². The summed E-state index contributed by atoms with van der Waals surface area (Å²) in [5, 5.41) is 11.2. The Labute approximate surface area is 137 Å². The molecule has 0 saturated heterocycles. The number of nitrogens with zero attached hydrogens (tertiary/aromatic N) is 2. The van der Waals surface area contributed by atoms with Crippen LogP contribution in [0.25, 0.3) is 0 Å². The van der Waals surface area contributed by atoms with Gasteiger partial charge in [-0.3, -0.25) is 10.1 Å². The van der Waals surface area contributed by atoms with Crippen LogP contribution in [0.2, 0.25) is 0 Å². The van der Waals surface area contributed by atoms with Crippen LogP contribution in [0.4, 0.5) is 5.13 Å². The van der Waals surface area contributed by atoms with E-state index in [-0.39, 0.29) is 12.0 Å². The SMILES string of the molecule is C=CCSc1nnc(NC(=O)c2ccc(OC(C)C)cc2)s1. The van der Waals surface area contributed by atoms with Crippen molar-refractivity contribution < 1.29 is 9.53 Å². The molecule has 1 amide bonds. The first-order chi connectivity index (χ1) is 10.6. The van der Waals surface area contributed by atoms with Gasteiger partial charge < -0.3 is 4.74 Å². The molecule has 1 aromatic carbocycles. The van der Waals surface area contributed by atoms with Crippen molar-refractivity contribution in [1.82, 2.24) is 10.2 Å². The second kappa shape index (κ2) is 7.95. The molecule has 5 nitrogen and oxygen atoms in total. The number of benzene rings is 1. The Kier molecular flexibility index (Phi) is 5.97. The first-order valence-electron chi connectivity index (χ1n) is 6.73. The fourth-order valence-corrected chi connectivity index (χ4v) is 3.08. The zero-order valence-corrected chi connectivity index (χ0v) is 14.0. The van der Waals surface area contributed by atoms with Crippen molar-refractivity contribution in [2.75, 3.05) is 11.1 Å². The Morgan fingerprint density at radius 3 is 2.77 bits per heavy atom. The number of amides is 1. The molecule has 2 aromatic rings. The van der Waals surface area contributed by atoms with Crippen molar-refractivity contribution in [3.05, 3.63) is 42.5 Å². The average Bonchev–Trinajstić information content (AvgIpc) is 2.92. The van der Waals surface area contributed by atoms with E-state index < -0.39 is 0 Å². The second-order valence-corrected chi connectivity index (χ2v) is 6.86. The van der Waals surface area contributed by atoms with Gasteiger partial charge in [-0.2, -0.15) is 0 Å². The number of ether oxygens (including phenoxy) is 1. The van der Waals surface area contributed by atoms with Crippen molar-refractivity contribution in [1.29, 1.82) is 0 Å². The molecule has 1 N–H and O–H groups in total. The summed E-state index contributed by atoms with van der Waals surface area (Å²) in [6.07, 6.45) is 1.90. The van der Waals surface area contributed by atoms with E-state index in [0.29, 0.717) is 10.7 Å². The van der Waals surface area contributed by atoms with Gasteiger partial charge in [0.15, 0.2) is 4.34 Å². The van der Waals surface area contributed by atoms with Gasteiger partial charge in [-0.15, -0.1) is 16.8 Å². The lowest BCUT2D eigenvalue weighted by molar-refractivity contribution is 0.102. The number of carbonyl (C=O) groups is 1. The summed E-state index contributed by atoms with van der Waals surface area (Å²) in [7, 11) is 0. The van der Waals surface area contributed by atoms with Crippen LogP contribution >= 0.6 is 23.1 Å². The van der Waals surface area contributed by atoms with E-state index in [1.54, 1.807) is 30.3 Å². The predicted molar refractivity (Wildman–Crippen MR) is 91.0 cm³/mol. The molecule has 22 heavy (non-hydrogen) atoms. The zero-order valence-electron chi connectivity index (χ0n) is 12.4. The van der Waals surface area contributed by atoms with Gasteiger partial charge in [0, 0.05) is 11.3 Å². The Bertz CT molecular complexity index is 638. The fourth-order valence-electron chi connectivity index (χ4n) is 1.58. The number of anilines is 1. The summed E-state index contributed by atoms with van der Waals surface area (Å²) < 4.78 is 6.35. The van der Waals surface area contributed by atoms with E-state index in [1.165, 1.54) is 23.1 Å². The van der Waals surface area contributed by atoms with Crippen LogP contribution in [0.15, 0.2) is 41.3 Å². The second-order valence-electron chi connectivity index (χ2n) is 4.62. The van der Waals surface area contributed by atoms with Crippen LogP contribution in [0.1, 0.15) is 24.2 Å². The van der Waals surface area contributed by atoms with Gasteiger partial charge in [0.05, 0.1) is 6.10 Å². The molecule has 0 bridgehead atoms. The Morgan fingerprint density at radius 1 is 1.41 bits per heavy atom. The molecule has 2 rings (SSSR count). The molecule has 0 atom stereocenters. The van der Waals surface area contributed by atoms with Crippen LogP contribution in [0.5, 0.6) is 5.75 Å². The van der Waals surface area contributed by atoms with E-state index >= 15 is 0 Å². The Morgan fingerprint density at radius 2 is 2.14 bits per heavy atom. The molecule has 0 unspecified atom stereocenters. The van der Waals surface area contributed by atoms with Crippen LogP contribution in [0, 0.1) is 0 Å². The molecular weight excluding hydrogens is 318 g/mol. The number of carbonyl (C=O) groups excluding carboxylic acids is 1. The summed E-state index contributed by atoms with van der Waals surface area (Å²) in [5.41, 5.74) is 0.548. The summed E-state index contributed by atoms with van der Waals surface area (Å²) >= 11 is 2.87. The lowest BCUT2D eigenvalue weighted by Gasteiger charge is -2.09. The topological polar surface area (TPSA) is 64.1 Å². The molecule has 0 aliphatic carbocycles. The summed E-state index contributed by atoms with van der Waals surface area (Å²) in [6.45, 7) is 7.56. The molecule has 0 saturated carbocycles. The highest BCUT2D eigenvalue weighted by Crippen LogP contribution is 2.25. The summed E-state index contributed by atoms with van der Waals surface area (Å²) in [5.74, 6) is 1.29. The largest absolute Gasteiger partial charge is 0.491 e. The minimum atomic E-state index is -0.215. The molecular formula is C15H17N3O2S2. The van der Waals surface area contributed by atoms with Gasteiger partial charge in [-0.1, -0.05) is 29.2 Å². The van der Waals surface area contributed by atoms with Crippen LogP contribution < -0.4 is 10.1 Å². The van der Waals surface area contributed by atoms with Gasteiger partial charge >= 0.3 is 0 Å². The van der Waals surface area contributed by atoms with Crippen LogP contribution in [-0.4, -0.2) is 28.0 Å². The first-order valence-corrected chi connectivity index (χ1v) is 8.54. The van der Waals surface area contributed by atoms with Gasteiger partial charge in [0.25, 0.3) is 5.91 Å². The number of thioether (sulfide) groups is 1. The standard InChI is InChI=1S/C15H17N3O2S2/c1-4-9-21-15-18-17-14(22-15)16-13(19)11-5-7-12(8-6-11)20-10(2)3/h4-8,10H,1,9H2,2-3H3,(H,16,17,19). The summed E-state index contributed by atoms with van der Waals surface area (Å²) in [6, 6.07) is 7.00. The van der Waals surface area contributed by atoms with Gasteiger partial charge in [0.2, 0.25) is 5.13 Å². The van der Waals surface area contributed by atoms with Gasteiger partial charge in [0.1, 0.15) is 5.75 Å². The molecule has 116 valence electrons. The van der Waals surface area contributed by atoms with Crippen LogP contribution in [-0.2, 0) is 0 Å². The number of hydrogen-bond acceptors (Lipinski definition) is 6. The highest BCUT2D eigenvalue weighted by molar-refractivity contribution is 8.01. The maximum atomic E-state index is 12.1. The molecule has 1 aromatic heterocycles. The predicted octanol–water partition coefficient (Wildman–Crippen LogP) is 3.86. The maximum absolute atomic E-state index is 12.1. The molecule has 0 aliphatic rings. The maximum Gasteiger partial charge on any atom is 0.257 e. The van der Waals surface area contributed by atoms with Gasteiger partial charge in [-0.25, -0.2) is 0 Å². The van der Waals surface area contributed by atoms with Crippen molar-refractivity contribution in [2.24, 2.45) is 0 Å².